The van der Waals surface area contributed by atoms with Crippen molar-refractivity contribution in [3.05, 3.63) is 165 Å². The Kier molecular flexibility index (Phi) is 12.5. The molecule has 0 spiro atoms. The Morgan fingerprint density at radius 2 is 1.00 bits per heavy atom. The standard InChI is InChI=1S/C46H43NO8/c1-33-7-6-8-34(29-33)32-47(21-23-50-25-27-52-37-17-13-35(14-18-37)45-30-41(48)39-9-2-4-11-43(39)54-45)22-24-51-26-28-53-38-19-15-36(16-20-38)46-31-42(49)40-10-3-5-12-44(40)55-46/h2-20,29-31H,21-28,32H2,1H3. The molecule has 0 amide bonds. The number of fused-ring (bicyclic) bond motifs is 2. The number of hydrogen-bond donors (Lipinski definition) is 0. The lowest BCUT2D eigenvalue weighted by Gasteiger charge is -2.22. The van der Waals surface area contributed by atoms with Crippen LogP contribution in [0.4, 0.5) is 0 Å². The minimum absolute atomic E-state index is 0.0687. The van der Waals surface area contributed by atoms with Crippen molar-refractivity contribution in [2.75, 3.05) is 52.7 Å². The van der Waals surface area contributed by atoms with Gasteiger partial charge in [0.1, 0.15) is 47.4 Å². The number of hydrogen-bond acceptors (Lipinski definition) is 9. The van der Waals surface area contributed by atoms with Crippen molar-refractivity contribution in [1.29, 1.82) is 0 Å². The molecule has 0 radical (unpaired) electrons. The van der Waals surface area contributed by atoms with Crippen LogP contribution in [0.5, 0.6) is 11.5 Å². The predicted molar refractivity (Wildman–Crippen MR) is 215 cm³/mol. The van der Waals surface area contributed by atoms with E-state index in [1.54, 1.807) is 24.3 Å². The Bertz CT molecular complexity index is 2290. The lowest BCUT2D eigenvalue weighted by atomic mass is 10.1. The summed E-state index contributed by atoms with van der Waals surface area (Å²) in [6.45, 7) is 7.19. The molecule has 2 heterocycles. The molecule has 0 fully saturated rings. The van der Waals surface area contributed by atoms with Crippen molar-refractivity contribution in [3.63, 3.8) is 0 Å². The van der Waals surface area contributed by atoms with E-state index in [-0.39, 0.29) is 10.9 Å². The molecule has 0 unspecified atom stereocenters. The fourth-order valence-electron chi connectivity index (χ4n) is 6.29. The number of rotatable bonds is 18. The van der Waals surface area contributed by atoms with Crippen LogP contribution in [0.15, 0.2) is 152 Å². The highest BCUT2D eigenvalue weighted by Gasteiger charge is 2.10. The van der Waals surface area contributed by atoms with Gasteiger partial charge in [-0.15, -0.1) is 0 Å². The second-order valence-corrected chi connectivity index (χ2v) is 13.2. The van der Waals surface area contributed by atoms with Crippen LogP contribution in [0.1, 0.15) is 11.1 Å². The Balaban J connectivity index is 0.824. The van der Waals surface area contributed by atoms with Crippen LogP contribution in [-0.2, 0) is 16.0 Å². The molecule has 9 nitrogen and oxygen atoms in total. The minimum Gasteiger partial charge on any atom is -0.491 e. The Morgan fingerprint density at radius 3 is 1.49 bits per heavy atom. The molecule has 0 aliphatic rings. The highest BCUT2D eigenvalue weighted by atomic mass is 16.5. The molecule has 7 aromatic rings. The molecule has 0 saturated carbocycles. The average molecular weight is 738 g/mol. The van der Waals surface area contributed by atoms with Gasteiger partial charge in [0.05, 0.1) is 37.2 Å². The van der Waals surface area contributed by atoms with Gasteiger partial charge in [0.2, 0.25) is 0 Å². The van der Waals surface area contributed by atoms with E-state index in [1.807, 2.05) is 72.8 Å². The highest BCUT2D eigenvalue weighted by molar-refractivity contribution is 5.79. The highest BCUT2D eigenvalue weighted by Crippen LogP contribution is 2.26. The summed E-state index contributed by atoms with van der Waals surface area (Å²) in [4.78, 5) is 27.3. The summed E-state index contributed by atoms with van der Waals surface area (Å²) in [5, 5.41) is 1.13. The van der Waals surface area contributed by atoms with Crippen molar-refractivity contribution in [2.24, 2.45) is 0 Å². The zero-order chi connectivity index (χ0) is 37.8. The number of para-hydroxylation sites is 2. The van der Waals surface area contributed by atoms with Gasteiger partial charge in [0, 0.05) is 42.9 Å². The zero-order valence-electron chi connectivity index (χ0n) is 30.8. The third-order valence-corrected chi connectivity index (χ3v) is 9.13. The third-order valence-electron chi connectivity index (χ3n) is 9.13. The molecule has 0 aliphatic carbocycles. The average Bonchev–Trinajstić information content (AvgIpc) is 3.21. The molecule has 7 rings (SSSR count). The van der Waals surface area contributed by atoms with Gasteiger partial charge in [-0.25, -0.2) is 0 Å². The van der Waals surface area contributed by atoms with Gasteiger partial charge < -0.3 is 27.8 Å². The second kappa shape index (κ2) is 18.4. The summed E-state index contributed by atoms with van der Waals surface area (Å²) in [6.07, 6.45) is 0. The van der Waals surface area contributed by atoms with Crippen LogP contribution in [-0.4, -0.2) is 57.6 Å². The third kappa shape index (κ3) is 10.2. The van der Waals surface area contributed by atoms with E-state index < -0.39 is 0 Å². The van der Waals surface area contributed by atoms with E-state index in [9.17, 15) is 9.59 Å². The molecular weight excluding hydrogens is 695 g/mol. The lowest BCUT2D eigenvalue weighted by molar-refractivity contribution is 0.0534. The van der Waals surface area contributed by atoms with Gasteiger partial charge in [-0.05, 0) is 85.3 Å². The van der Waals surface area contributed by atoms with Gasteiger partial charge in [0.15, 0.2) is 10.9 Å². The van der Waals surface area contributed by atoms with Gasteiger partial charge in [-0.3, -0.25) is 14.5 Å². The van der Waals surface area contributed by atoms with Crippen molar-refractivity contribution in [1.82, 2.24) is 4.90 Å². The van der Waals surface area contributed by atoms with E-state index in [4.69, 9.17) is 27.8 Å². The minimum atomic E-state index is -0.0687. The van der Waals surface area contributed by atoms with Crippen LogP contribution >= 0.6 is 0 Å². The van der Waals surface area contributed by atoms with Gasteiger partial charge in [-0.1, -0.05) is 54.1 Å². The zero-order valence-corrected chi connectivity index (χ0v) is 30.8. The summed E-state index contributed by atoms with van der Waals surface area (Å²) < 4.78 is 35.6. The SMILES string of the molecule is Cc1cccc(CN(CCOCCOc2ccc(-c3cc(=O)c4ccccc4o3)cc2)CCOCCOc2ccc(-c3cc(=O)c4ccccc4o3)cc2)c1. The summed E-state index contributed by atoms with van der Waals surface area (Å²) >= 11 is 0. The number of ether oxygens (including phenoxy) is 4. The fraction of sp³-hybridized carbons (Fsp3) is 0.217. The normalized spacial score (nSPS) is 11.4. The van der Waals surface area contributed by atoms with Crippen molar-refractivity contribution in [3.8, 4) is 34.1 Å². The quantitative estimate of drug-likeness (QED) is 0.0803. The predicted octanol–water partition coefficient (Wildman–Crippen LogP) is 8.54. The topological polar surface area (TPSA) is 101 Å². The maximum absolute atomic E-state index is 12.5. The monoisotopic (exact) mass is 737 g/mol. The Morgan fingerprint density at radius 1 is 0.509 bits per heavy atom. The van der Waals surface area contributed by atoms with Crippen LogP contribution in [0.2, 0.25) is 0 Å². The molecule has 0 N–H and O–H groups in total. The summed E-state index contributed by atoms with van der Waals surface area (Å²) in [7, 11) is 0. The number of nitrogens with zero attached hydrogens (tertiary/aromatic N) is 1. The van der Waals surface area contributed by atoms with Crippen LogP contribution in [0, 0.1) is 6.92 Å². The second-order valence-electron chi connectivity index (χ2n) is 13.2. The van der Waals surface area contributed by atoms with E-state index in [0.29, 0.717) is 84.6 Å². The number of benzene rings is 5. The molecule has 0 bridgehead atoms. The van der Waals surface area contributed by atoms with Crippen molar-refractivity contribution < 1.29 is 27.8 Å². The maximum atomic E-state index is 12.5. The molecular formula is C46H43NO8. The largest absolute Gasteiger partial charge is 0.491 e. The molecule has 0 aliphatic heterocycles. The summed E-state index contributed by atoms with van der Waals surface area (Å²) in [5.41, 5.74) is 5.06. The van der Waals surface area contributed by atoms with Crippen LogP contribution < -0.4 is 20.3 Å². The molecule has 0 atom stereocenters. The summed E-state index contributed by atoms with van der Waals surface area (Å²) in [5.74, 6) is 2.47. The van der Waals surface area contributed by atoms with Crippen LogP contribution in [0.25, 0.3) is 44.6 Å². The van der Waals surface area contributed by atoms with Crippen molar-refractivity contribution in [2.45, 2.75) is 13.5 Å². The lowest BCUT2D eigenvalue weighted by Crippen LogP contribution is -2.31. The van der Waals surface area contributed by atoms with Gasteiger partial charge >= 0.3 is 0 Å². The molecule has 9 heteroatoms. The Labute approximate surface area is 319 Å². The van der Waals surface area contributed by atoms with Gasteiger partial charge in [0.25, 0.3) is 0 Å². The van der Waals surface area contributed by atoms with Gasteiger partial charge in [-0.2, -0.15) is 0 Å². The first-order valence-corrected chi connectivity index (χ1v) is 18.4. The Hall–Kier alpha value is -6.00. The molecule has 5 aromatic carbocycles. The fourth-order valence-corrected chi connectivity index (χ4v) is 6.29. The number of aryl methyl sites for hydroxylation is 1. The molecule has 280 valence electrons. The smallest absolute Gasteiger partial charge is 0.193 e. The summed E-state index contributed by atoms with van der Waals surface area (Å²) in [6, 6.07) is 41.0. The van der Waals surface area contributed by atoms with E-state index in [2.05, 4.69) is 36.1 Å². The molecule has 55 heavy (non-hydrogen) atoms. The molecule has 2 aromatic heterocycles. The molecule has 0 saturated heterocycles. The van der Waals surface area contributed by atoms with Crippen LogP contribution in [0.3, 0.4) is 0 Å². The van der Waals surface area contributed by atoms with E-state index in [1.165, 1.54) is 23.3 Å². The van der Waals surface area contributed by atoms with E-state index >= 15 is 0 Å². The maximum Gasteiger partial charge on any atom is 0.193 e. The first-order valence-electron chi connectivity index (χ1n) is 18.4. The first-order chi connectivity index (χ1) is 27.0. The first kappa shape index (κ1) is 37.3. The van der Waals surface area contributed by atoms with E-state index in [0.717, 1.165) is 30.8 Å². The van der Waals surface area contributed by atoms with Crippen molar-refractivity contribution >= 4 is 21.9 Å².